The number of hydrogen-bond acceptors (Lipinski definition) is 6. The number of carboxylic acid groups (broad SMARTS) is 1. The van der Waals surface area contributed by atoms with E-state index in [1.807, 2.05) is 30.3 Å². The molecule has 0 saturated carbocycles. The first-order valence-corrected chi connectivity index (χ1v) is 10.0. The molecule has 7 nitrogen and oxygen atoms in total. The molecule has 0 atom stereocenters. The first kappa shape index (κ1) is 23.3. The third-order valence-electron chi connectivity index (χ3n) is 4.86. The number of anilines is 1. The van der Waals surface area contributed by atoms with E-state index in [2.05, 4.69) is 33.2 Å². The van der Waals surface area contributed by atoms with Gasteiger partial charge in [-0.2, -0.15) is 18.2 Å². The zero-order chi connectivity index (χ0) is 23.1. The van der Waals surface area contributed by atoms with Gasteiger partial charge < -0.3 is 20.3 Å². The molecule has 10 heteroatoms. The molecule has 3 N–H and O–H groups in total. The van der Waals surface area contributed by atoms with Gasteiger partial charge in [0.15, 0.2) is 0 Å². The lowest BCUT2D eigenvalue weighted by Crippen LogP contribution is -2.29. The number of alkyl halides is 3. The van der Waals surface area contributed by atoms with Gasteiger partial charge in [-0.05, 0) is 43.0 Å². The van der Waals surface area contributed by atoms with Gasteiger partial charge >= 0.3 is 12.1 Å². The molecule has 3 aromatic rings. The Morgan fingerprint density at radius 2 is 1.91 bits per heavy atom. The van der Waals surface area contributed by atoms with Crippen LogP contribution in [-0.4, -0.2) is 40.5 Å². The van der Waals surface area contributed by atoms with Gasteiger partial charge in [-0.1, -0.05) is 47.6 Å². The Labute approximate surface area is 182 Å². The minimum absolute atomic E-state index is 0.642. The van der Waals surface area contributed by atoms with Gasteiger partial charge in [-0.15, -0.1) is 0 Å². The molecule has 1 aliphatic heterocycles. The van der Waals surface area contributed by atoms with Crippen molar-refractivity contribution in [2.24, 2.45) is 5.73 Å². The van der Waals surface area contributed by atoms with Crippen molar-refractivity contribution in [3.8, 4) is 11.4 Å². The Morgan fingerprint density at radius 3 is 2.56 bits per heavy atom. The van der Waals surface area contributed by atoms with Crippen LogP contribution in [-0.2, 0) is 24.2 Å². The predicted octanol–water partition coefficient (Wildman–Crippen LogP) is 3.82. The van der Waals surface area contributed by atoms with Crippen molar-refractivity contribution in [1.29, 1.82) is 0 Å². The monoisotopic (exact) mass is 448 g/mol. The van der Waals surface area contributed by atoms with Crippen molar-refractivity contribution in [2.45, 2.75) is 32.0 Å². The summed E-state index contributed by atoms with van der Waals surface area (Å²) in [6, 6.07) is 16.6. The van der Waals surface area contributed by atoms with E-state index in [4.69, 9.17) is 20.2 Å². The number of aliphatic carboxylic acids is 1. The van der Waals surface area contributed by atoms with Crippen LogP contribution in [0.4, 0.5) is 18.9 Å². The second kappa shape index (κ2) is 10.3. The predicted molar refractivity (Wildman–Crippen MR) is 112 cm³/mol. The summed E-state index contributed by atoms with van der Waals surface area (Å²) < 4.78 is 37.2. The van der Waals surface area contributed by atoms with Crippen LogP contribution in [0.2, 0.25) is 0 Å². The van der Waals surface area contributed by atoms with E-state index in [1.165, 1.54) is 16.8 Å². The largest absolute Gasteiger partial charge is 0.490 e. The number of aromatic nitrogens is 2. The Morgan fingerprint density at radius 1 is 1.19 bits per heavy atom. The van der Waals surface area contributed by atoms with Crippen LogP contribution in [0.3, 0.4) is 0 Å². The molecule has 0 spiro atoms. The second-order valence-corrected chi connectivity index (χ2v) is 7.21. The molecular weight excluding hydrogens is 425 g/mol. The maximum Gasteiger partial charge on any atom is 0.490 e. The van der Waals surface area contributed by atoms with E-state index in [0.29, 0.717) is 24.8 Å². The molecule has 4 rings (SSSR count). The number of fused-ring (bicyclic) bond motifs is 1. The Bertz CT molecular complexity index is 1040. The average Bonchev–Trinajstić information content (AvgIpc) is 3.23. The van der Waals surface area contributed by atoms with E-state index < -0.39 is 12.1 Å². The molecule has 2 aromatic carbocycles. The van der Waals surface area contributed by atoms with Crippen LogP contribution in [0.1, 0.15) is 23.4 Å². The number of hydrogen-bond donors (Lipinski definition) is 2. The van der Waals surface area contributed by atoms with Gasteiger partial charge in [-0.25, -0.2) is 4.79 Å². The number of carbonyl (C=O) groups is 1. The second-order valence-electron chi connectivity index (χ2n) is 7.21. The standard InChI is InChI=1S/C20H22N4O.C2HF3O2/c21-11-10-15-8-9-18-17(13-15)7-4-12-24(18)14-19-22-20(23-25-19)16-5-2-1-3-6-16;3-2(4,5)1(6)7/h1-3,5-6,8-9,13H,4,7,10-12,14,21H2;(H,6,7). The summed E-state index contributed by atoms with van der Waals surface area (Å²) in [6.07, 6.45) is -1.90. The van der Waals surface area contributed by atoms with E-state index in [-0.39, 0.29) is 0 Å². The van der Waals surface area contributed by atoms with Crippen LogP contribution in [0, 0.1) is 0 Å². The molecule has 0 aliphatic carbocycles. The van der Waals surface area contributed by atoms with Crippen LogP contribution in [0.15, 0.2) is 53.1 Å². The Kier molecular flexibility index (Phi) is 7.47. The first-order valence-electron chi connectivity index (χ1n) is 10.0. The minimum Gasteiger partial charge on any atom is -0.475 e. The number of halogens is 3. The molecule has 1 aromatic heterocycles. The molecule has 0 fully saturated rings. The van der Waals surface area contributed by atoms with Crippen LogP contribution in [0.5, 0.6) is 0 Å². The molecule has 1 aliphatic rings. The molecule has 0 saturated heterocycles. The highest BCUT2D eigenvalue weighted by Gasteiger charge is 2.38. The fraction of sp³-hybridized carbons (Fsp3) is 0.318. The third-order valence-corrected chi connectivity index (χ3v) is 4.86. The topological polar surface area (TPSA) is 105 Å². The summed E-state index contributed by atoms with van der Waals surface area (Å²) in [5.41, 5.74) is 10.6. The SMILES string of the molecule is NCCc1ccc2c(c1)CCCN2Cc1nc(-c2ccccc2)no1.O=C(O)C(F)(F)F. The molecule has 2 heterocycles. The van der Waals surface area contributed by atoms with Gasteiger partial charge in [0, 0.05) is 17.8 Å². The summed E-state index contributed by atoms with van der Waals surface area (Å²) in [5.74, 6) is -1.46. The van der Waals surface area contributed by atoms with Gasteiger partial charge in [0.1, 0.15) is 0 Å². The van der Waals surface area contributed by atoms with E-state index >= 15 is 0 Å². The van der Waals surface area contributed by atoms with E-state index in [9.17, 15) is 13.2 Å². The van der Waals surface area contributed by atoms with Crippen molar-refractivity contribution in [1.82, 2.24) is 10.1 Å². The number of nitrogens with zero attached hydrogens (tertiary/aromatic N) is 3. The number of rotatable bonds is 5. The third kappa shape index (κ3) is 6.07. The zero-order valence-corrected chi connectivity index (χ0v) is 17.2. The molecule has 0 bridgehead atoms. The number of aryl methyl sites for hydroxylation is 1. The maximum atomic E-state index is 10.6. The zero-order valence-electron chi connectivity index (χ0n) is 17.2. The van der Waals surface area contributed by atoms with Crippen LogP contribution < -0.4 is 10.6 Å². The summed E-state index contributed by atoms with van der Waals surface area (Å²) >= 11 is 0. The lowest BCUT2D eigenvalue weighted by Gasteiger charge is -2.30. The van der Waals surface area contributed by atoms with Crippen molar-refractivity contribution in [3.63, 3.8) is 0 Å². The van der Waals surface area contributed by atoms with Crippen LogP contribution in [0.25, 0.3) is 11.4 Å². The van der Waals surface area contributed by atoms with E-state index in [1.54, 1.807) is 0 Å². The smallest absolute Gasteiger partial charge is 0.475 e. The molecule has 170 valence electrons. The summed E-state index contributed by atoms with van der Waals surface area (Å²) in [6.45, 7) is 2.34. The fourth-order valence-corrected chi connectivity index (χ4v) is 3.40. The molecule has 0 unspecified atom stereocenters. The Hall–Kier alpha value is -3.40. The number of benzene rings is 2. The Balaban J connectivity index is 0.000000360. The summed E-state index contributed by atoms with van der Waals surface area (Å²) in [4.78, 5) is 15.8. The minimum atomic E-state index is -5.08. The number of nitrogens with two attached hydrogens (primary N) is 1. The first-order chi connectivity index (χ1) is 15.3. The summed E-state index contributed by atoms with van der Waals surface area (Å²) in [7, 11) is 0. The molecule has 0 radical (unpaired) electrons. The quantitative estimate of drug-likeness (QED) is 0.611. The van der Waals surface area contributed by atoms with E-state index in [0.717, 1.165) is 31.4 Å². The van der Waals surface area contributed by atoms with Gasteiger partial charge in [0.25, 0.3) is 0 Å². The van der Waals surface area contributed by atoms with Gasteiger partial charge in [0.2, 0.25) is 11.7 Å². The van der Waals surface area contributed by atoms with Gasteiger partial charge in [-0.3, -0.25) is 0 Å². The highest BCUT2D eigenvalue weighted by Crippen LogP contribution is 2.29. The maximum absolute atomic E-state index is 10.6. The lowest BCUT2D eigenvalue weighted by molar-refractivity contribution is -0.192. The fourth-order valence-electron chi connectivity index (χ4n) is 3.40. The van der Waals surface area contributed by atoms with Crippen molar-refractivity contribution in [2.75, 3.05) is 18.0 Å². The van der Waals surface area contributed by atoms with Crippen molar-refractivity contribution >= 4 is 11.7 Å². The van der Waals surface area contributed by atoms with Gasteiger partial charge in [0.05, 0.1) is 6.54 Å². The highest BCUT2D eigenvalue weighted by molar-refractivity contribution is 5.73. The average molecular weight is 448 g/mol. The normalized spacial score (nSPS) is 13.2. The molecular formula is C22H23F3N4O3. The van der Waals surface area contributed by atoms with Crippen molar-refractivity contribution < 1.29 is 27.6 Å². The lowest BCUT2D eigenvalue weighted by atomic mass is 9.98. The molecule has 0 amide bonds. The van der Waals surface area contributed by atoms with Crippen molar-refractivity contribution in [3.05, 3.63) is 65.5 Å². The highest BCUT2D eigenvalue weighted by atomic mass is 19.4. The van der Waals surface area contributed by atoms with Crippen LogP contribution >= 0.6 is 0 Å². The summed E-state index contributed by atoms with van der Waals surface area (Å²) in [5, 5.41) is 11.2. The molecule has 32 heavy (non-hydrogen) atoms. The number of carboxylic acids is 1.